The molecule has 104 valence electrons. The van der Waals surface area contributed by atoms with Crippen molar-refractivity contribution in [3.63, 3.8) is 0 Å². The van der Waals surface area contributed by atoms with Crippen LogP contribution in [0.4, 0.5) is 5.69 Å². The predicted octanol–water partition coefficient (Wildman–Crippen LogP) is 3.11. The molecule has 1 atom stereocenters. The first-order chi connectivity index (χ1) is 9.83. The summed E-state index contributed by atoms with van der Waals surface area (Å²) in [6.45, 7) is 3.18. The van der Waals surface area contributed by atoms with Crippen LogP contribution in [-0.4, -0.2) is 30.0 Å². The topological polar surface area (TPSA) is 28.2 Å². The zero-order chi connectivity index (χ0) is 13.8. The smallest absolute Gasteiger partial charge is 0.0376 e. The van der Waals surface area contributed by atoms with Crippen LogP contribution >= 0.6 is 0 Å². The Morgan fingerprint density at radius 3 is 2.85 bits per heavy atom. The van der Waals surface area contributed by atoms with E-state index in [2.05, 4.69) is 58.6 Å². The van der Waals surface area contributed by atoms with E-state index >= 15 is 0 Å². The number of pyridine rings is 1. The van der Waals surface area contributed by atoms with Crippen molar-refractivity contribution in [1.29, 1.82) is 0 Å². The number of para-hydroxylation sites is 1. The zero-order valence-electron chi connectivity index (χ0n) is 11.9. The van der Waals surface area contributed by atoms with Crippen LogP contribution in [0.25, 0.3) is 0 Å². The molecule has 0 spiro atoms. The third-order valence-corrected chi connectivity index (χ3v) is 4.00. The highest BCUT2D eigenvalue weighted by Crippen LogP contribution is 2.33. The molecule has 0 fully saturated rings. The molecule has 1 aromatic heterocycles. The highest BCUT2D eigenvalue weighted by Gasteiger charge is 2.21. The van der Waals surface area contributed by atoms with E-state index in [1.54, 1.807) is 0 Å². The van der Waals surface area contributed by atoms with Gasteiger partial charge in [0.1, 0.15) is 0 Å². The summed E-state index contributed by atoms with van der Waals surface area (Å²) in [5, 5.41) is 3.50. The average Bonchev–Trinajstić information content (AvgIpc) is 2.89. The van der Waals surface area contributed by atoms with Crippen LogP contribution in [0, 0.1) is 0 Å². The van der Waals surface area contributed by atoms with Gasteiger partial charge >= 0.3 is 0 Å². The number of anilines is 1. The Bertz CT molecular complexity index is 553. The second-order valence-corrected chi connectivity index (χ2v) is 5.55. The Balaban J connectivity index is 1.53. The summed E-state index contributed by atoms with van der Waals surface area (Å²) >= 11 is 0. The summed E-state index contributed by atoms with van der Waals surface area (Å²) in [6, 6.07) is 12.8. The number of fused-ring (bicyclic) bond motifs is 1. The van der Waals surface area contributed by atoms with Gasteiger partial charge in [-0.3, -0.25) is 4.98 Å². The van der Waals surface area contributed by atoms with Gasteiger partial charge in [0.25, 0.3) is 0 Å². The monoisotopic (exact) mass is 267 g/mol. The normalized spacial score (nSPS) is 17.0. The minimum absolute atomic E-state index is 0.645. The van der Waals surface area contributed by atoms with Crippen molar-refractivity contribution in [2.24, 2.45) is 0 Å². The summed E-state index contributed by atoms with van der Waals surface area (Å²) in [4.78, 5) is 6.45. The molecule has 3 heteroatoms. The second kappa shape index (κ2) is 6.06. The number of nitrogens with zero attached hydrogens (tertiary/aromatic N) is 2. The minimum Gasteiger partial charge on any atom is -0.384 e. The molecule has 20 heavy (non-hydrogen) atoms. The average molecular weight is 267 g/mol. The third kappa shape index (κ3) is 2.99. The van der Waals surface area contributed by atoms with Gasteiger partial charge in [-0.1, -0.05) is 18.2 Å². The van der Waals surface area contributed by atoms with Gasteiger partial charge in [0, 0.05) is 37.1 Å². The zero-order valence-corrected chi connectivity index (χ0v) is 11.9. The molecular formula is C17H21N3. The Hall–Kier alpha value is -1.87. The molecule has 3 nitrogen and oxygen atoms in total. The number of hydrogen-bond donors (Lipinski definition) is 1. The molecule has 2 aromatic rings. The summed E-state index contributed by atoms with van der Waals surface area (Å²) < 4.78 is 0. The molecule has 0 bridgehead atoms. The molecule has 3 rings (SSSR count). The highest BCUT2D eigenvalue weighted by atomic mass is 15.1. The van der Waals surface area contributed by atoms with E-state index in [1.165, 1.54) is 23.2 Å². The number of rotatable bonds is 5. The van der Waals surface area contributed by atoms with Crippen molar-refractivity contribution in [1.82, 2.24) is 9.88 Å². The number of aromatic nitrogens is 1. The first kappa shape index (κ1) is 13.1. The lowest BCUT2D eigenvalue weighted by Crippen LogP contribution is -2.21. The van der Waals surface area contributed by atoms with Crippen LogP contribution in [0.3, 0.4) is 0 Å². The summed E-state index contributed by atoms with van der Waals surface area (Å²) in [7, 11) is 2.19. The number of hydrogen-bond acceptors (Lipinski definition) is 3. The van der Waals surface area contributed by atoms with Gasteiger partial charge in [-0.2, -0.15) is 0 Å². The molecule has 1 aliphatic heterocycles. The van der Waals surface area contributed by atoms with E-state index in [9.17, 15) is 0 Å². The molecule has 1 unspecified atom stereocenters. The minimum atomic E-state index is 0.645. The molecule has 1 N–H and O–H groups in total. The Morgan fingerprint density at radius 1 is 1.20 bits per heavy atom. The van der Waals surface area contributed by atoms with E-state index in [0.717, 1.165) is 19.6 Å². The first-order valence-corrected chi connectivity index (χ1v) is 7.23. The van der Waals surface area contributed by atoms with Gasteiger partial charge in [-0.15, -0.1) is 0 Å². The molecule has 0 radical (unpaired) electrons. The molecule has 0 saturated carbocycles. The fraction of sp³-hybridized carbons (Fsp3) is 0.353. The van der Waals surface area contributed by atoms with Crippen molar-refractivity contribution in [3.8, 4) is 0 Å². The molecule has 0 aliphatic carbocycles. The van der Waals surface area contributed by atoms with Crippen molar-refractivity contribution in [2.45, 2.75) is 18.9 Å². The molecule has 0 amide bonds. The van der Waals surface area contributed by atoms with E-state index in [-0.39, 0.29) is 0 Å². The van der Waals surface area contributed by atoms with Crippen LogP contribution < -0.4 is 5.32 Å². The van der Waals surface area contributed by atoms with E-state index in [0.29, 0.717) is 5.92 Å². The lowest BCUT2D eigenvalue weighted by molar-refractivity contribution is 0.313. The standard InChI is InChI=1S/C17H21N3/c1-20(13-14-6-9-18-10-7-14)11-8-15-12-19-17-5-3-2-4-16(15)17/h2-7,9-10,15,19H,8,11-13H2,1H3. The van der Waals surface area contributed by atoms with Crippen LogP contribution in [0.15, 0.2) is 48.8 Å². The number of nitrogens with one attached hydrogen (secondary N) is 1. The molecule has 1 aromatic carbocycles. The van der Waals surface area contributed by atoms with Crippen LogP contribution in [-0.2, 0) is 6.54 Å². The fourth-order valence-electron chi connectivity index (χ4n) is 2.87. The maximum atomic E-state index is 4.06. The van der Waals surface area contributed by atoms with E-state index < -0.39 is 0 Å². The van der Waals surface area contributed by atoms with Gasteiger partial charge in [0.2, 0.25) is 0 Å². The lowest BCUT2D eigenvalue weighted by Gasteiger charge is -2.19. The summed E-state index contributed by atoms with van der Waals surface area (Å²) in [5.74, 6) is 0.645. The maximum Gasteiger partial charge on any atom is 0.0376 e. The third-order valence-electron chi connectivity index (χ3n) is 4.00. The quantitative estimate of drug-likeness (QED) is 0.902. The van der Waals surface area contributed by atoms with Crippen LogP contribution in [0.5, 0.6) is 0 Å². The van der Waals surface area contributed by atoms with Crippen molar-refractivity contribution >= 4 is 5.69 Å². The van der Waals surface area contributed by atoms with Crippen molar-refractivity contribution < 1.29 is 0 Å². The lowest BCUT2D eigenvalue weighted by atomic mass is 9.98. The van der Waals surface area contributed by atoms with E-state index in [4.69, 9.17) is 0 Å². The van der Waals surface area contributed by atoms with Crippen molar-refractivity contribution in [3.05, 3.63) is 59.9 Å². The first-order valence-electron chi connectivity index (χ1n) is 7.23. The molecule has 2 heterocycles. The van der Waals surface area contributed by atoms with Crippen LogP contribution in [0.2, 0.25) is 0 Å². The SMILES string of the molecule is CN(CCC1CNc2ccccc21)Cc1ccncc1. The van der Waals surface area contributed by atoms with Crippen molar-refractivity contribution in [2.75, 3.05) is 25.5 Å². The number of benzene rings is 1. The van der Waals surface area contributed by atoms with E-state index in [1.807, 2.05) is 12.4 Å². The van der Waals surface area contributed by atoms with Gasteiger partial charge < -0.3 is 10.2 Å². The largest absolute Gasteiger partial charge is 0.384 e. The summed E-state index contributed by atoms with van der Waals surface area (Å²) in [5.41, 5.74) is 4.12. The molecular weight excluding hydrogens is 246 g/mol. The Kier molecular flexibility index (Phi) is 3.97. The van der Waals surface area contributed by atoms with Gasteiger partial charge in [0.05, 0.1) is 0 Å². The molecule has 1 aliphatic rings. The second-order valence-electron chi connectivity index (χ2n) is 5.55. The fourth-order valence-corrected chi connectivity index (χ4v) is 2.87. The molecule has 0 saturated heterocycles. The highest BCUT2D eigenvalue weighted by molar-refractivity contribution is 5.57. The van der Waals surface area contributed by atoms with Gasteiger partial charge in [-0.25, -0.2) is 0 Å². The van der Waals surface area contributed by atoms with Gasteiger partial charge in [-0.05, 0) is 49.3 Å². The Morgan fingerprint density at radius 2 is 2.00 bits per heavy atom. The van der Waals surface area contributed by atoms with Gasteiger partial charge in [0.15, 0.2) is 0 Å². The summed E-state index contributed by atoms with van der Waals surface area (Å²) in [6.07, 6.45) is 4.92. The maximum absolute atomic E-state index is 4.06. The predicted molar refractivity (Wildman–Crippen MR) is 82.9 cm³/mol. The van der Waals surface area contributed by atoms with Crippen LogP contribution in [0.1, 0.15) is 23.5 Å². The Labute approximate surface area is 120 Å².